The second kappa shape index (κ2) is 4.31. The highest BCUT2D eigenvalue weighted by atomic mass is 16.2. The molecular weight excluding hydrogens is 228 g/mol. The first-order valence-corrected chi connectivity index (χ1v) is 6.48. The van der Waals surface area contributed by atoms with Crippen LogP contribution in [0.15, 0.2) is 18.6 Å². The smallest absolute Gasteiger partial charge is 0.245 e. The molecule has 96 valence electrons. The molecule has 1 aliphatic heterocycles. The van der Waals surface area contributed by atoms with Crippen molar-refractivity contribution in [3.8, 4) is 0 Å². The van der Waals surface area contributed by atoms with E-state index in [9.17, 15) is 4.79 Å². The van der Waals surface area contributed by atoms with E-state index in [0.29, 0.717) is 17.7 Å². The summed E-state index contributed by atoms with van der Waals surface area (Å²) in [6.07, 6.45) is 7.11. The fourth-order valence-electron chi connectivity index (χ4n) is 3.07. The Morgan fingerprint density at radius 2 is 2.22 bits per heavy atom. The number of likely N-dealkylation sites (N-methyl/N-ethyl adjacent to an activating group) is 1. The number of anilines is 1. The van der Waals surface area contributed by atoms with Crippen molar-refractivity contribution in [1.29, 1.82) is 0 Å². The standard InChI is InChI=1S/C13H18N4O/c1-8-10-5-9(10)6-11(14-2)13(18)17(8)12-7-15-3-4-16-12/h3-4,7-11,14H,5-6H2,1-2H3. The zero-order chi connectivity index (χ0) is 12.7. The number of carbonyl (C=O) groups is 1. The number of rotatable bonds is 2. The summed E-state index contributed by atoms with van der Waals surface area (Å²) < 4.78 is 0. The topological polar surface area (TPSA) is 58.1 Å². The minimum Gasteiger partial charge on any atom is -0.309 e. The van der Waals surface area contributed by atoms with Gasteiger partial charge in [-0.15, -0.1) is 0 Å². The van der Waals surface area contributed by atoms with Gasteiger partial charge in [-0.25, -0.2) is 4.98 Å². The molecule has 5 heteroatoms. The largest absolute Gasteiger partial charge is 0.309 e. The van der Waals surface area contributed by atoms with Crippen molar-refractivity contribution in [2.75, 3.05) is 11.9 Å². The van der Waals surface area contributed by atoms with Crippen LogP contribution in [0.1, 0.15) is 19.8 Å². The van der Waals surface area contributed by atoms with Gasteiger partial charge in [0.05, 0.1) is 12.2 Å². The molecular formula is C13H18N4O. The second-order valence-corrected chi connectivity index (χ2v) is 5.25. The van der Waals surface area contributed by atoms with Crippen molar-refractivity contribution in [3.63, 3.8) is 0 Å². The fraction of sp³-hybridized carbons (Fsp3) is 0.615. The lowest BCUT2D eigenvalue weighted by Gasteiger charge is -2.29. The molecule has 2 heterocycles. The summed E-state index contributed by atoms with van der Waals surface area (Å²) in [5, 5.41) is 3.13. The number of nitrogens with zero attached hydrogens (tertiary/aromatic N) is 3. The Balaban J connectivity index is 1.96. The van der Waals surface area contributed by atoms with Gasteiger partial charge in [0.1, 0.15) is 0 Å². The van der Waals surface area contributed by atoms with Crippen LogP contribution in [0, 0.1) is 11.8 Å². The van der Waals surface area contributed by atoms with Crippen molar-refractivity contribution in [2.45, 2.75) is 31.8 Å². The first-order chi connectivity index (χ1) is 8.72. The SMILES string of the molecule is CNC1CC2CC2C(C)N(c2cnccn2)C1=O. The van der Waals surface area contributed by atoms with Crippen LogP contribution in [-0.2, 0) is 4.79 Å². The van der Waals surface area contributed by atoms with Gasteiger partial charge >= 0.3 is 0 Å². The van der Waals surface area contributed by atoms with Crippen LogP contribution in [0.4, 0.5) is 5.82 Å². The maximum absolute atomic E-state index is 12.5. The number of nitrogens with one attached hydrogen (secondary N) is 1. The van der Waals surface area contributed by atoms with Gasteiger partial charge in [-0.3, -0.25) is 14.7 Å². The third-order valence-corrected chi connectivity index (χ3v) is 4.22. The van der Waals surface area contributed by atoms with E-state index in [1.165, 1.54) is 6.42 Å². The molecule has 1 saturated carbocycles. The summed E-state index contributed by atoms with van der Waals surface area (Å²) in [6.45, 7) is 2.12. The highest BCUT2D eigenvalue weighted by Gasteiger charge is 2.50. The predicted molar refractivity (Wildman–Crippen MR) is 68.0 cm³/mol. The van der Waals surface area contributed by atoms with Gasteiger partial charge in [0.15, 0.2) is 5.82 Å². The summed E-state index contributed by atoms with van der Waals surface area (Å²) in [5.74, 6) is 2.10. The molecule has 0 spiro atoms. The summed E-state index contributed by atoms with van der Waals surface area (Å²) in [6, 6.07) is 0.129. The van der Waals surface area contributed by atoms with Crippen LogP contribution in [0.2, 0.25) is 0 Å². The van der Waals surface area contributed by atoms with E-state index in [0.717, 1.165) is 6.42 Å². The van der Waals surface area contributed by atoms with Gasteiger partial charge in [0.25, 0.3) is 0 Å². The summed E-state index contributed by atoms with van der Waals surface area (Å²) in [7, 11) is 1.85. The molecule has 1 saturated heterocycles. The van der Waals surface area contributed by atoms with Gasteiger partial charge in [0, 0.05) is 18.4 Å². The van der Waals surface area contributed by atoms with E-state index in [2.05, 4.69) is 22.2 Å². The fourth-order valence-corrected chi connectivity index (χ4v) is 3.07. The Morgan fingerprint density at radius 1 is 1.39 bits per heavy atom. The van der Waals surface area contributed by atoms with Crippen molar-refractivity contribution in [2.24, 2.45) is 11.8 Å². The maximum atomic E-state index is 12.5. The lowest BCUT2D eigenvalue weighted by atomic mass is 10.1. The molecule has 3 rings (SSSR count). The molecule has 1 aromatic heterocycles. The van der Waals surface area contributed by atoms with Crippen molar-refractivity contribution < 1.29 is 4.79 Å². The molecule has 5 nitrogen and oxygen atoms in total. The summed E-state index contributed by atoms with van der Waals surface area (Å²) in [5.41, 5.74) is 0. The minimum absolute atomic E-state index is 0.0908. The molecule has 0 radical (unpaired) electrons. The van der Waals surface area contributed by atoms with Crippen LogP contribution in [0.5, 0.6) is 0 Å². The highest BCUT2D eigenvalue weighted by Crippen LogP contribution is 2.48. The Bertz CT molecular complexity index is 450. The number of hydrogen-bond donors (Lipinski definition) is 1. The lowest BCUT2D eigenvalue weighted by molar-refractivity contribution is -0.120. The van der Waals surface area contributed by atoms with Crippen LogP contribution >= 0.6 is 0 Å². The summed E-state index contributed by atoms with van der Waals surface area (Å²) in [4.78, 5) is 22.7. The minimum atomic E-state index is -0.0908. The van der Waals surface area contributed by atoms with E-state index < -0.39 is 0 Å². The van der Waals surface area contributed by atoms with Crippen molar-refractivity contribution >= 4 is 11.7 Å². The number of carbonyl (C=O) groups excluding carboxylic acids is 1. The van der Waals surface area contributed by atoms with E-state index in [1.807, 2.05) is 11.9 Å². The number of fused-ring (bicyclic) bond motifs is 1. The Morgan fingerprint density at radius 3 is 2.89 bits per heavy atom. The monoisotopic (exact) mass is 246 g/mol. The normalized spacial score (nSPS) is 35.0. The van der Waals surface area contributed by atoms with Crippen molar-refractivity contribution in [3.05, 3.63) is 18.6 Å². The van der Waals surface area contributed by atoms with Gasteiger partial charge in [-0.2, -0.15) is 0 Å². The average molecular weight is 246 g/mol. The van der Waals surface area contributed by atoms with E-state index in [1.54, 1.807) is 18.6 Å². The zero-order valence-corrected chi connectivity index (χ0v) is 10.7. The third-order valence-electron chi connectivity index (χ3n) is 4.22. The first-order valence-electron chi connectivity index (χ1n) is 6.48. The summed E-state index contributed by atoms with van der Waals surface area (Å²) >= 11 is 0. The van der Waals surface area contributed by atoms with Crippen LogP contribution < -0.4 is 10.2 Å². The molecule has 4 unspecified atom stereocenters. The molecule has 1 N–H and O–H groups in total. The predicted octanol–water partition coefficient (Wildman–Crippen LogP) is 0.826. The van der Waals surface area contributed by atoms with Gasteiger partial charge in [-0.05, 0) is 38.6 Å². The Kier molecular flexibility index (Phi) is 2.78. The molecule has 4 atom stereocenters. The Labute approximate surface area is 107 Å². The molecule has 2 aliphatic rings. The van der Waals surface area contributed by atoms with Gasteiger partial charge in [-0.1, -0.05) is 0 Å². The lowest BCUT2D eigenvalue weighted by Crippen LogP contribution is -2.48. The Hall–Kier alpha value is -1.49. The van der Waals surface area contributed by atoms with Gasteiger partial charge < -0.3 is 5.32 Å². The third kappa shape index (κ3) is 1.79. The average Bonchev–Trinajstić information content (AvgIpc) is 3.16. The molecule has 1 aromatic rings. The molecule has 1 aliphatic carbocycles. The quantitative estimate of drug-likeness (QED) is 0.839. The van der Waals surface area contributed by atoms with E-state index in [4.69, 9.17) is 0 Å². The van der Waals surface area contributed by atoms with Crippen LogP contribution in [0.25, 0.3) is 0 Å². The number of aromatic nitrogens is 2. The van der Waals surface area contributed by atoms with E-state index >= 15 is 0 Å². The van der Waals surface area contributed by atoms with Crippen molar-refractivity contribution in [1.82, 2.24) is 15.3 Å². The highest BCUT2D eigenvalue weighted by molar-refractivity contribution is 5.97. The molecule has 18 heavy (non-hydrogen) atoms. The number of hydrogen-bond acceptors (Lipinski definition) is 4. The molecule has 1 amide bonds. The zero-order valence-electron chi connectivity index (χ0n) is 10.7. The van der Waals surface area contributed by atoms with Crippen LogP contribution in [-0.4, -0.2) is 35.0 Å². The maximum Gasteiger partial charge on any atom is 0.245 e. The second-order valence-electron chi connectivity index (χ2n) is 5.25. The van der Waals surface area contributed by atoms with Gasteiger partial charge in [0.2, 0.25) is 5.91 Å². The molecule has 2 fully saturated rings. The first kappa shape index (κ1) is 11.6. The van der Waals surface area contributed by atoms with E-state index in [-0.39, 0.29) is 18.0 Å². The molecule has 0 bridgehead atoms. The number of amides is 1. The van der Waals surface area contributed by atoms with Crippen LogP contribution in [0.3, 0.4) is 0 Å². The molecule has 0 aromatic carbocycles.